The van der Waals surface area contributed by atoms with E-state index in [1.807, 2.05) is 6.07 Å². The van der Waals surface area contributed by atoms with Gasteiger partial charge in [0.05, 0.1) is 0 Å². The molecular formula is C11H14FN. The van der Waals surface area contributed by atoms with Gasteiger partial charge >= 0.3 is 0 Å². The summed E-state index contributed by atoms with van der Waals surface area (Å²) in [6.45, 7) is 3.13. The minimum absolute atomic E-state index is 0.122. The van der Waals surface area contributed by atoms with Crippen LogP contribution >= 0.6 is 0 Å². The maximum atomic E-state index is 12.9. The second-order valence-electron chi connectivity index (χ2n) is 3.60. The molecule has 0 spiro atoms. The van der Waals surface area contributed by atoms with Crippen molar-refractivity contribution in [2.75, 3.05) is 11.9 Å². The minimum Gasteiger partial charge on any atom is -0.384 e. The second-order valence-corrected chi connectivity index (χ2v) is 3.60. The lowest BCUT2D eigenvalue weighted by molar-refractivity contribution is 0.616. The van der Waals surface area contributed by atoms with Crippen molar-refractivity contribution in [2.45, 2.75) is 25.7 Å². The molecule has 1 nitrogen and oxygen atoms in total. The molecule has 1 aromatic rings. The van der Waals surface area contributed by atoms with E-state index < -0.39 is 0 Å². The molecule has 2 heteroatoms. The third-order valence-corrected chi connectivity index (χ3v) is 2.63. The van der Waals surface area contributed by atoms with E-state index >= 15 is 0 Å². The molecule has 0 aromatic heterocycles. The van der Waals surface area contributed by atoms with Crippen LogP contribution in [0.15, 0.2) is 18.2 Å². The summed E-state index contributed by atoms with van der Waals surface area (Å²) < 4.78 is 12.9. The van der Waals surface area contributed by atoms with Crippen LogP contribution in [0.25, 0.3) is 0 Å². The van der Waals surface area contributed by atoms with Gasteiger partial charge in [0.25, 0.3) is 0 Å². The van der Waals surface area contributed by atoms with E-state index in [1.165, 1.54) is 6.07 Å². The van der Waals surface area contributed by atoms with Crippen molar-refractivity contribution in [2.24, 2.45) is 0 Å². The smallest absolute Gasteiger partial charge is 0.123 e. The number of hydrogen-bond donors (Lipinski definition) is 1. The first-order chi connectivity index (χ1) is 6.31. The van der Waals surface area contributed by atoms with Gasteiger partial charge in [-0.2, -0.15) is 0 Å². The Morgan fingerprint density at radius 3 is 3.15 bits per heavy atom. The standard InChI is InChI=1S/C11H14FN/c1-2-3-8-7-13-11-5-4-9(12)6-10(8)11/h4-6,8,13H,2-3,7H2,1H3/t8-/m0/s1. The zero-order valence-electron chi connectivity index (χ0n) is 7.81. The molecule has 1 atom stereocenters. The van der Waals surface area contributed by atoms with Gasteiger partial charge in [-0.15, -0.1) is 0 Å². The van der Waals surface area contributed by atoms with Crippen LogP contribution < -0.4 is 5.32 Å². The van der Waals surface area contributed by atoms with Gasteiger partial charge in [0.1, 0.15) is 5.82 Å². The molecule has 0 fully saturated rings. The van der Waals surface area contributed by atoms with E-state index in [4.69, 9.17) is 0 Å². The molecule has 2 rings (SSSR count). The quantitative estimate of drug-likeness (QED) is 0.735. The molecule has 0 unspecified atom stereocenters. The topological polar surface area (TPSA) is 12.0 Å². The predicted molar refractivity (Wildman–Crippen MR) is 52.5 cm³/mol. The number of anilines is 1. The second kappa shape index (κ2) is 3.36. The van der Waals surface area contributed by atoms with Gasteiger partial charge in [-0.3, -0.25) is 0 Å². The Balaban J connectivity index is 2.29. The predicted octanol–water partition coefficient (Wildman–Crippen LogP) is 3.13. The Hall–Kier alpha value is -1.05. The molecular weight excluding hydrogens is 165 g/mol. The molecule has 0 radical (unpaired) electrons. The number of rotatable bonds is 2. The summed E-state index contributed by atoms with van der Waals surface area (Å²) >= 11 is 0. The molecule has 1 aliphatic heterocycles. The van der Waals surface area contributed by atoms with E-state index in [2.05, 4.69) is 12.2 Å². The summed E-state index contributed by atoms with van der Waals surface area (Å²) in [5.41, 5.74) is 2.27. The molecule has 0 saturated heterocycles. The van der Waals surface area contributed by atoms with Crippen molar-refractivity contribution >= 4 is 5.69 Å². The third-order valence-electron chi connectivity index (χ3n) is 2.63. The fourth-order valence-corrected chi connectivity index (χ4v) is 1.98. The first-order valence-corrected chi connectivity index (χ1v) is 4.84. The van der Waals surface area contributed by atoms with Gasteiger partial charge < -0.3 is 5.32 Å². The van der Waals surface area contributed by atoms with Crippen LogP contribution in [-0.2, 0) is 0 Å². The summed E-state index contributed by atoms with van der Waals surface area (Å²) in [4.78, 5) is 0. The van der Waals surface area contributed by atoms with Crippen LogP contribution in [0.1, 0.15) is 31.2 Å². The van der Waals surface area contributed by atoms with Crippen molar-refractivity contribution in [1.29, 1.82) is 0 Å². The molecule has 0 saturated carbocycles. The van der Waals surface area contributed by atoms with Crippen LogP contribution in [0.2, 0.25) is 0 Å². The van der Waals surface area contributed by atoms with E-state index in [1.54, 1.807) is 6.07 Å². The first-order valence-electron chi connectivity index (χ1n) is 4.84. The fraction of sp³-hybridized carbons (Fsp3) is 0.455. The average Bonchev–Trinajstić information content (AvgIpc) is 2.49. The van der Waals surface area contributed by atoms with Crippen LogP contribution in [0, 0.1) is 5.82 Å². The van der Waals surface area contributed by atoms with Gasteiger partial charge in [-0.1, -0.05) is 13.3 Å². The highest BCUT2D eigenvalue weighted by molar-refractivity contribution is 5.57. The SMILES string of the molecule is CCC[C@H]1CNc2ccc(F)cc21. The Labute approximate surface area is 78.0 Å². The molecule has 1 heterocycles. The minimum atomic E-state index is -0.122. The van der Waals surface area contributed by atoms with Crippen molar-refractivity contribution in [3.05, 3.63) is 29.6 Å². The highest BCUT2D eigenvalue weighted by Gasteiger charge is 2.21. The summed E-state index contributed by atoms with van der Waals surface area (Å²) in [6.07, 6.45) is 2.30. The zero-order chi connectivity index (χ0) is 9.26. The average molecular weight is 179 g/mol. The lowest BCUT2D eigenvalue weighted by Gasteiger charge is -2.07. The monoisotopic (exact) mass is 179 g/mol. The lowest BCUT2D eigenvalue weighted by atomic mass is 9.97. The maximum Gasteiger partial charge on any atom is 0.123 e. The van der Waals surface area contributed by atoms with Crippen molar-refractivity contribution < 1.29 is 4.39 Å². The molecule has 0 aliphatic carbocycles. The molecule has 70 valence electrons. The van der Waals surface area contributed by atoms with Crippen molar-refractivity contribution in [3.63, 3.8) is 0 Å². The van der Waals surface area contributed by atoms with Gasteiger partial charge in [-0.25, -0.2) is 4.39 Å². The molecule has 0 amide bonds. The third kappa shape index (κ3) is 1.53. The number of fused-ring (bicyclic) bond motifs is 1. The van der Waals surface area contributed by atoms with Gasteiger partial charge in [-0.05, 0) is 30.2 Å². The zero-order valence-corrected chi connectivity index (χ0v) is 7.81. The summed E-state index contributed by atoms with van der Waals surface area (Å²) in [7, 11) is 0. The van der Waals surface area contributed by atoms with Crippen molar-refractivity contribution in [3.8, 4) is 0 Å². The Morgan fingerprint density at radius 1 is 1.54 bits per heavy atom. The molecule has 0 bridgehead atoms. The number of hydrogen-bond acceptors (Lipinski definition) is 1. The van der Waals surface area contributed by atoms with Crippen LogP contribution in [0.3, 0.4) is 0 Å². The molecule has 1 N–H and O–H groups in total. The van der Waals surface area contributed by atoms with E-state index in [-0.39, 0.29) is 5.82 Å². The summed E-state index contributed by atoms with van der Waals surface area (Å²) in [5.74, 6) is 0.388. The highest BCUT2D eigenvalue weighted by Crippen LogP contribution is 2.34. The van der Waals surface area contributed by atoms with Gasteiger partial charge in [0.15, 0.2) is 0 Å². The molecule has 1 aliphatic rings. The van der Waals surface area contributed by atoms with Crippen LogP contribution in [0.4, 0.5) is 10.1 Å². The first kappa shape index (κ1) is 8.54. The van der Waals surface area contributed by atoms with Crippen LogP contribution in [0.5, 0.6) is 0 Å². The molecule has 13 heavy (non-hydrogen) atoms. The Morgan fingerprint density at radius 2 is 2.38 bits per heavy atom. The maximum absolute atomic E-state index is 12.9. The number of benzene rings is 1. The number of halogens is 1. The van der Waals surface area contributed by atoms with Gasteiger partial charge in [0.2, 0.25) is 0 Å². The normalized spacial score (nSPS) is 19.7. The highest BCUT2D eigenvalue weighted by atomic mass is 19.1. The van der Waals surface area contributed by atoms with Crippen molar-refractivity contribution in [1.82, 2.24) is 0 Å². The van der Waals surface area contributed by atoms with Gasteiger partial charge in [0, 0.05) is 18.2 Å². The Bertz CT molecular complexity index is 307. The number of nitrogens with one attached hydrogen (secondary N) is 1. The lowest BCUT2D eigenvalue weighted by Crippen LogP contribution is -2.00. The summed E-state index contributed by atoms with van der Waals surface area (Å²) in [5, 5.41) is 3.30. The summed E-state index contributed by atoms with van der Waals surface area (Å²) in [6, 6.07) is 5.01. The fourth-order valence-electron chi connectivity index (χ4n) is 1.98. The van der Waals surface area contributed by atoms with Crippen LogP contribution in [-0.4, -0.2) is 6.54 Å². The Kier molecular flexibility index (Phi) is 2.21. The largest absolute Gasteiger partial charge is 0.384 e. The van der Waals surface area contributed by atoms with E-state index in [0.717, 1.165) is 30.6 Å². The molecule has 1 aromatic carbocycles. The van der Waals surface area contributed by atoms with E-state index in [0.29, 0.717) is 5.92 Å². The van der Waals surface area contributed by atoms with E-state index in [9.17, 15) is 4.39 Å².